The predicted molar refractivity (Wildman–Crippen MR) is 85.7 cm³/mol. The zero-order valence-electron chi connectivity index (χ0n) is 13.7. The summed E-state index contributed by atoms with van der Waals surface area (Å²) >= 11 is 0. The quantitative estimate of drug-likeness (QED) is 0.787. The summed E-state index contributed by atoms with van der Waals surface area (Å²) in [6.45, 7) is 4.48. The third-order valence-electron chi connectivity index (χ3n) is 5.03. The predicted octanol–water partition coefficient (Wildman–Crippen LogP) is 4.68. The van der Waals surface area contributed by atoms with E-state index in [4.69, 9.17) is 0 Å². The minimum Gasteiger partial charge on any atom is -0.393 e. The average Bonchev–Trinajstić information content (AvgIpc) is 2.45. The molecule has 2 saturated carbocycles. The third kappa shape index (κ3) is 7.64. The fourth-order valence-electron chi connectivity index (χ4n) is 3.68. The Bertz CT molecular complexity index is 189. The molecule has 2 rings (SSSR count). The highest BCUT2D eigenvalue weighted by Crippen LogP contribution is 2.28. The Morgan fingerprint density at radius 2 is 0.900 bits per heavy atom. The second kappa shape index (κ2) is 10.6. The van der Waals surface area contributed by atoms with Gasteiger partial charge in [0.1, 0.15) is 0 Å². The SMILES string of the molecule is CCCC1CCC(O)CC1.CCCC1CCC(O)CC1. The summed E-state index contributed by atoms with van der Waals surface area (Å²) in [5.41, 5.74) is 0. The van der Waals surface area contributed by atoms with Gasteiger partial charge >= 0.3 is 0 Å². The molecule has 2 aliphatic carbocycles. The van der Waals surface area contributed by atoms with Crippen LogP contribution in [0.4, 0.5) is 0 Å². The van der Waals surface area contributed by atoms with Crippen molar-refractivity contribution < 1.29 is 10.2 Å². The van der Waals surface area contributed by atoms with E-state index in [1.54, 1.807) is 0 Å². The fourth-order valence-corrected chi connectivity index (χ4v) is 3.68. The molecule has 0 bridgehead atoms. The summed E-state index contributed by atoms with van der Waals surface area (Å²) in [5.74, 6) is 1.85. The van der Waals surface area contributed by atoms with Crippen LogP contribution in [0.15, 0.2) is 0 Å². The van der Waals surface area contributed by atoms with Crippen LogP contribution in [0.25, 0.3) is 0 Å². The second-order valence-electron chi connectivity index (χ2n) is 6.93. The summed E-state index contributed by atoms with van der Waals surface area (Å²) in [6, 6.07) is 0. The molecular weight excluding hydrogens is 248 g/mol. The lowest BCUT2D eigenvalue weighted by Crippen LogP contribution is -2.17. The smallest absolute Gasteiger partial charge is 0.0540 e. The van der Waals surface area contributed by atoms with E-state index in [0.29, 0.717) is 0 Å². The van der Waals surface area contributed by atoms with Crippen LogP contribution in [0.1, 0.15) is 90.9 Å². The molecule has 20 heavy (non-hydrogen) atoms. The summed E-state index contributed by atoms with van der Waals surface area (Å²) < 4.78 is 0. The Morgan fingerprint density at radius 1 is 0.600 bits per heavy atom. The maximum Gasteiger partial charge on any atom is 0.0540 e. The first-order valence-corrected chi connectivity index (χ1v) is 9.01. The standard InChI is InChI=1S/2C9H18O/c2*1-2-3-8-4-6-9(10)7-5-8/h2*8-10H,2-7H2,1H3. The lowest BCUT2D eigenvalue weighted by atomic mass is 9.85. The number of hydrogen-bond acceptors (Lipinski definition) is 2. The zero-order chi connectivity index (χ0) is 14.8. The van der Waals surface area contributed by atoms with Crippen LogP contribution < -0.4 is 0 Å². The maximum absolute atomic E-state index is 9.20. The summed E-state index contributed by atoms with van der Waals surface area (Å²) in [4.78, 5) is 0. The third-order valence-corrected chi connectivity index (χ3v) is 5.03. The van der Waals surface area contributed by atoms with E-state index in [2.05, 4.69) is 13.8 Å². The fraction of sp³-hybridized carbons (Fsp3) is 1.00. The highest BCUT2D eigenvalue weighted by Gasteiger charge is 2.18. The minimum atomic E-state index is 0.0214. The molecule has 2 nitrogen and oxygen atoms in total. The molecule has 0 unspecified atom stereocenters. The minimum absolute atomic E-state index is 0.0214. The molecule has 0 aromatic carbocycles. The van der Waals surface area contributed by atoms with Crippen LogP contribution in [0.3, 0.4) is 0 Å². The molecule has 0 aromatic rings. The molecule has 0 spiro atoms. The van der Waals surface area contributed by atoms with E-state index in [9.17, 15) is 10.2 Å². The molecule has 120 valence electrons. The molecule has 0 saturated heterocycles. The van der Waals surface area contributed by atoms with Crippen LogP contribution in [-0.2, 0) is 0 Å². The van der Waals surface area contributed by atoms with Crippen molar-refractivity contribution in [3.63, 3.8) is 0 Å². The topological polar surface area (TPSA) is 40.5 Å². The van der Waals surface area contributed by atoms with Gasteiger partial charge in [-0.05, 0) is 63.2 Å². The van der Waals surface area contributed by atoms with Gasteiger partial charge in [-0.15, -0.1) is 0 Å². The number of rotatable bonds is 4. The molecule has 0 aromatic heterocycles. The Labute approximate surface area is 126 Å². The maximum atomic E-state index is 9.20. The van der Waals surface area contributed by atoms with Gasteiger partial charge in [-0.25, -0.2) is 0 Å². The van der Waals surface area contributed by atoms with E-state index in [1.807, 2.05) is 0 Å². The monoisotopic (exact) mass is 284 g/mol. The molecule has 2 aliphatic rings. The van der Waals surface area contributed by atoms with E-state index < -0.39 is 0 Å². The van der Waals surface area contributed by atoms with Gasteiger partial charge in [-0.3, -0.25) is 0 Å². The Morgan fingerprint density at radius 3 is 1.15 bits per heavy atom. The summed E-state index contributed by atoms with van der Waals surface area (Å²) in [5, 5.41) is 18.4. The van der Waals surface area contributed by atoms with Crippen LogP contribution in [0.5, 0.6) is 0 Å². The van der Waals surface area contributed by atoms with Crippen molar-refractivity contribution in [1.82, 2.24) is 0 Å². The van der Waals surface area contributed by atoms with Crippen molar-refractivity contribution >= 4 is 0 Å². The van der Waals surface area contributed by atoms with Crippen LogP contribution in [-0.4, -0.2) is 22.4 Å². The van der Waals surface area contributed by atoms with Crippen LogP contribution in [0.2, 0.25) is 0 Å². The molecule has 0 heterocycles. The van der Waals surface area contributed by atoms with Gasteiger partial charge in [0, 0.05) is 0 Å². The summed E-state index contributed by atoms with van der Waals surface area (Å²) in [6.07, 6.45) is 14.6. The molecular formula is C18H36O2. The normalized spacial score (nSPS) is 34.2. The number of aliphatic hydroxyl groups is 2. The van der Waals surface area contributed by atoms with Crippen LogP contribution >= 0.6 is 0 Å². The van der Waals surface area contributed by atoms with Crippen molar-refractivity contribution in [2.75, 3.05) is 0 Å². The van der Waals surface area contributed by atoms with Gasteiger partial charge in [0.2, 0.25) is 0 Å². The van der Waals surface area contributed by atoms with Gasteiger partial charge in [0.05, 0.1) is 12.2 Å². The lowest BCUT2D eigenvalue weighted by Gasteiger charge is -2.24. The highest BCUT2D eigenvalue weighted by molar-refractivity contribution is 4.71. The van der Waals surface area contributed by atoms with E-state index in [0.717, 1.165) is 37.5 Å². The number of hydrogen-bond donors (Lipinski definition) is 2. The van der Waals surface area contributed by atoms with Gasteiger partial charge in [0.25, 0.3) is 0 Å². The Kier molecular flexibility index (Phi) is 9.54. The average molecular weight is 284 g/mol. The van der Waals surface area contributed by atoms with Crippen molar-refractivity contribution in [3.05, 3.63) is 0 Å². The highest BCUT2D eigenvalue weighted by atomic mass is 16.3. The number of aliphatic hydroxyl groups excluding tert-OH is 2. The molecule has 0 atom stereocenters. The first-order valence-electron chi connectivity index (χ1n) is 9.01. The Hall–Kier alpha value is -0.0800. The van der Waals surface area contributed by atoms with E-state index in [1.165, 1.54) is 51.4 Å². The van der Waals surface area contributed by atoms with Crippen molar-refractivity contribution in [2.45, 2.75) is 103 Å². The molecule has 0 aliphatic heterocycles. The first-order chi connectivity index (χ1) is 9.65. The van der Waals surface area contributed by atoms with Crippen molar-refractivity contribution in [1.29, 1.82) is 0 Å². The summed E-state index contributed by atoms with van der Waals surface area (Å²) in [7, 11) is 0. The lowest BCUT2D eigenvalue weighted by molar-refractivity contribution is 0.106. The van der Waals surface area contributed by atoms with Gasteiger partial charge in [0.15, 0.2) is 0 Å². The molecule has 2 N–H and O–H groups in total. The van der Waals surface area contributed by atoms with Gasteiger partial charge < -0.3 is 10.2 Å². The molecule has 2 fully saturated rings. The second-order valence-corrected chi connectivity index (χ2v) is 6.93. The molecule has 0 radical (unpaired) electrons. The van der Waals surface area contributed by atoms with E-state index in [-0.39, 0.29) is 12.2 Å². The van der Waals surface area contributed by atoms with E-state index >= 15 is 0 Å². The molecule has 2 heteroatoms. The van der Waals surface area contributed by atoms with Crippen molar-refractivity contribution in [2.24, 2.45) is 11.8 Å². The first kappa shape index (κ1) is 18.0. The zero-order valence-corrected chi connectivity index (χ0v) is 13.7. The largest absolute Gasteiger partial charge is 0.393 e. The molecule has 0 amide bonds. The van der Waals surface area contributed by atoms with Gasteiger partial charge in [-0.2, -0.15) is 0 Å². The van der Waals surface area contributed by atoms with Crippen molar-refractivity contribution in [3.8, 4) is 0 Å². The van der Waals surface area contributed by atoms with Gasteiger partial charge in [-0.1, -0.05) is 39.5 Å². The Balaban J connectivity index is 0.000000200. The van der Waals surface area contributed by atoms with Crippen LogP contribution in [0, 0.1) is 11.8 Å².